The predicted octanol–water partition coefficient (Wildman–Crippen LogP) is 1.12. The fourth-order valence-electron chi connectivity index (χ4n) is 1.50. The number of halogens is 1. The molecule has 0 spiro atoms. The second-order valence-electron chi connectivity index (χ2n) is 4.18. The summed E-state index contributed by atoms with van der Waals surface area (Å²) in [6.07, 6.45) is 1.46. The zero-order valence-corrected chi connectivity index (χ0v) is 12.8. The van der Waals surface area contributed by atoms with Crippen molar-refractivity contribution in [2.24, 2.45) is 0 Å². The van der Waals surface area contributed by atoms with E-state index in [2.05, 4.69) is 26.7 Å². The number of rotatable bonds is 3. The third-order valence-electron chi connectivity index (χ3n) is 2.61. The van der Waals surface area contributed by atoms with E-state index in [1.54, 1.807) is 36.4 Å². The van der Waals surface area contributed by atoms with Crippen molar-refractivity contribution in [2.75, 3.05) is 0 Å². The van der Waals surface area contributed by atoms with Crippen LogP contribution in [0.2, 0.25) is 0 Å². The normalized spacial score (nSPS) is 9.86. The lowest BCUT2D eigenvalue weighted by Crippen LogP contribution is -2.48. The van der Waals surface area contributed by atoms with E-state index in [-0.39, 0.29) is 6.54 Å². The second-order valence-corrected chi connectivity index (χ2v) is 5.09. The van der Waals surface area contributed by atoms with E-state index in [1.807, 2.05) is 5.43 Å². The van der Waals surface area contributed by atoms with Crippen LogP contribution in [0.3, 0.4) is 0 Å². The summed E-state index contributed by atoms with van der Waals surface area (Å²) in [5.41, 5.74) is 4.53. The molecule has 0 atom stereocenters. The molecule has 0 saturated carbocycles. The molecule has 8 heteroatoms. The minimum absolute atomic E-state index is 0.0832. The maximum atomic E-state index is 11.7. The largest absolute Gasteiger partial charge is 0.467 e. The van der Waals surface area contributed by atoms with Crippen LogP contribution in [0.25, 0.3) is 0 Å². The van der Waals surface area contributed by atoms with Crippen LogP contribution < -0.4 is 16.2 Å². The summed E-state index contributed by atoms with van der Waals surface area (Å²) in [7, 11) is 0. The molecule has 2 aromatic rings. The summed E-state index contributed by atoms with van der Waals surface area (Å²) in [5, 5.41) is 2.35. The van der Waals surface area contributed by atoms with E-state index in [9.17, 15) is 14.4 Å². The summed E-state index contributed by atoms with van der Waals surface area (Å²) < 4.78 is 5.83. The third kappa shape index (κ3) is 4.45. The summed E-state index contributed by atoms with van der Waals surface area (Å²) in [6.45, 7) is 0.0832. The van der Waals surface area contributed by atoms with Gasteiger partial charge in [0.05, 0.1) is 12.8 Å². The first-order valence-corrected chi connectivity index (χ1v) is 7.02. The Bertz CT molecular complexity index is 668. The van der Waals surface area contributed by atoms with E-state index in [0.717, 1.165) is 4.47 Å². The lowest BCUT2D eigenvalue weighted by molar-refractivity contribution is -0.139. The van der Waals surface area contributed by atoms with Crippen LogP contribution in [-0.2, 0) is 16.1 Å². The molecule has 7 nitrogen and oxygen atoms in total. The second kappa shape index (κ2) is 7.41. The van der Waals surface area contributed by atoms with Gasteiger partial charge >= 0.3 is 11.8 Å². The number of hydrogen-bond donors (Lipinski definition) is 3. The summed E-state index contributed by atoms with van der Waals surface area (Å²) in [4.78, 5) is 34.8. The minimum atomic E-state index is -0.975. The lowest BCUT2D eigenvalue weighted by atomic mass is 10.2. The maximum Gasteiger partial charge on any atom is 0.327 e. The molecule has 3 amide bonds. The summed E-state index contributed by atoms with van der Waals surface area (Å²) in [6, 6.07) is 9.85. The number of amides is 3. The Kier molecular flexibility index (Phi) is 5.31. The molecule has 0 aliphatic carbocycles. The van der Waals surface area contributed by atoms with Gasteiger partial charge in [-0.1, -0.05) is 15.9 Å². The van der Waals surface area contributed by atoms with Gasteiger partial charge in [0.25, 0.3) is 5.91 Å². The predicted molar refractivity (Wildman–Crippen MR) is 80.3 cm³/mol. The Morgan fingerprint density at radius 1 is 1.00 bits per heavy atom. The van der Waals surface area contributed by atoms with E-state index < -0.39 is 17.7 Å². The molecule has 3 N–H and O–H groups in total. The van der Waals surface area contributed by atoms with Crippen molar-refractivity contribution >= 4 is 33.7 Å². The van der Waals surface area contributed by atoms with Gasteiger partial charge in [-0.15, -0.1) is 0 Å². The first kappa shape index (κ1) is 15.8. The topological polar surface area (TPSA) is 100 Å². The van der Waals surface area contributed by atoms with Gasteiger partial charge in [-0.25, -0.2) is 0 Å². The summed E-state index contributed by atoms with van der Waals surface area (Å²) >= 11 is 3.25. The average molecular weight is 366 g/mol. The number of carbonyl (C=O) groups is 3. The minimum Gasteiger partial charge on any atom is -0.467 e. The van der Waals surface area contributed by atoms with Crippen LogP contribution in [0.5, 0.6) is 0 Å². The molecule has 0 aliphatic heterocycles. The Hall–Kier alpha value is -2.61. The molecule has 22 heavy (non-hydrogen) atoms. The molecular formula is C14H12BrN3O4. The number of benzene rings is 1. The van der Waals surface area contributed by atoms with Gasteiger partial charge in [-0.3, -0.25) is 25.2 Å². The number of nitrogens with one attached hydrogen (secondary N) is 3. The first-order valence-electron chi connectivity index (χ1n) is 6.22. The van der Waals surface area contributed by atoms with Gasteiger partial charge in [0, 0.05) is 10.0 Å². The van der Waals surface area contributed by atoms with Gasteiger partial charge < -0.3 is 9.73 Å². The number of hydrogen-bond acceptors (Lipinski definition) is 4. The Balaban J connectivity index is 1.77. The number of carbonyl (C=O) groups excluding carboxylic acids is 3. The molecule has 0 unspecified atom stereocenters. The molecule has 0 radical (unpaired) electrons. The molecule has 0 saturated heterocycles. The van der Waals surface area contributed by atoms with Gasteiger partial charge in [-0.05, 0) is 36.4 Å². The van der Waals surface area contributed by atoms with Crippen molar-refractivity contribution in [3.05, 3.63) is 58.5 Å². The molecule has 1 aromatic carbocycles. The van der Waals surface area contributed by atoms with Crippen molar-refractivity contribution in [2.45, 2.75) is 6.54 Å². The Morgan fingerprint density at radius 2 is 1.73 bits per heavy atom. The zero-order valence-electron chi connectivity index (χ0n) is 11.3. The Labute approximate surface area is 134 Å². The molecule has 0 aliphatic rings. The number of hydrazine groups is 1. The quantitative estimate of drug-likeness (QED) is 0.560. The highest BCUT2D eigenvalue weighted by atomic mass is 79.9. The van der Waals surface area contributed by atoms with Gasteiger partial charge in [-0.2, -0.15) is 0 Å². The standard InChI is InChI=1S/C14H12BrN3O4/c15-10-5-3-9(4-6-10)12(19)17-18-14(21)13(20)16-8-11-2-1-7-22-11/h1-7H,8H2,(H,16,20)(H,17,19)(H,18,21). The highest BCUT2D eigenvalue weighted by Crippen LogP contribution is 2.10. The van der Waals surface area contributed by atoms with Crippen molar-refractivity contribution in [3.8, 4) is 0 Å². The van der Waals surface area contributed by atoms with E-state index in [0.29, 0.717) is 11.3 Å². The van der Waals surface area contributed by atoms with Crippen molar-refractivity contribution in [3.63, 3.8) is 0 Å². The van der Waals surface area contributed by atoms with Gasteiger partial charge in [0.15, 0.2) is 0 Å². The molecule has 1 aromatic heterocycles. The van der Waals surface area contributed by atoms with E-state index >= 15 is 0 Å². The average Bonchev–Trinajstić information content (AvgIpc) is 3.04. The highest BCUT2D eigenvalue weighted by Gasteiger charge is 2.14. The fourth-order valence-corrected chi connectivity index (χ4v) is 1.77. The van der Waals surface area contributed by atoms with Crippen molar-refractivity contribution < 1.29 is 18.8 Å². The highest BCUT2D eigenvalue weighted by molar-refractivity contribution is 9.10. The fraction of sp³-hybridized carbons (Fsp3) is 0.0714. The Morgan fingerprint density at radius 3 is 2.36 bits per heavy atom. The van der Waals surface area contributed by atoms with Crippen LogP contribution in [0.15, 0.2) is 51.6 Å². The van der Waals surface area contributed by atoms with Gasteiger partial charge in [0.2, 0.25) is 0 Å². The van der Waals surface area contributed by atoms with Crippen LogP contribution >= 0.6 is 15.9 Å². The van der Waals surface area contributed by atoms with E-state index in [1.165, 1.54) is 6.26 Å². The lowest BCUT2D eigenvalue weighted by Gasteiger charge is -2.07. The third-order valence-corrected chi connectivity index (χ3v) is 3.13. The van der Waals surface area contributed by atoms with Gasteiger partial charge in [0.1, 0.15) is 5.76 Å². The monoisotopic (exact) mass is 365 g/mol. The molecule has 0 bridgehead atoms. The molecule has 0 fully saturated rings. The van der Waals surface area contributed by atoms with E-state index in [4.69, 9.17) is 4.42 Å². The maximum absolute atomic E-state index is 11.7. The molecular weight excluding hydrogens is 354 g/mol. The number of furan rings is 1. The van der Waals surface area contributed by atoms with Crippen molar-refractivity contribution in [1.29, 1.82) is 0 Å². The van der Waals surface area contributed by atoms with Crippen LogP contribution in [-0.4, -0.2) is 17.7 Å². The molecule has 2 rings (SSSR count). The zero-order chi connectivity index (χ0) is 15.9. The SMILES string of the molecule is O=C(NCc1ccco1)C(=O)NNC(=O)c1ccc(Br)cc1. The van der Waals surface area contributed by atoms with Crippen molar-refractivity contribution in [1.82, 2.24) is 16.2 Å². The van der Waals surface area contributed by atoms with Crippen LogP contribution in [0.1, 0.15) is 16.1 Å². The van der Waals surface area contributed by atoms with Crippen LogP contribution in [0, 0.1) is 0 Å². The molecule has 114 valence electrons. The van der Waals surface area contributed by atoms with Crippen LogP contribution in [0.4, 0.5) is 0 Å². The smallest absolute Gasteiger partial charge is 0.327 e. The molecule has 1 heterocycles. The summed E-state index contributed by atoms with van der Waals surface area (Å²) in [5.74, 6) is -1.87. The first-order chi connectivity index (χ1) is 10.6.